The van der Waals surface area contributed by atoms with Gasteiger partial charge in [-0.15, -0.1) is 0 Å². The molecule has 0 amide bonds. The lowest BCUT2D eigenvalue weighted by Gasteiger charge is -2.41. The van der Waals surface area contributed by atoms with Gasteiger partial charge >= 0.3 is 7.59 Å². The summed E-state index contributed by atoms with van der Waals surface area (Å²) in [5, 5.41) is 7.21. The van der Waals surface area contributed by atoms with Crippen LogP contribution in [0.2, 0.25) is 0 Å². The molecule has 0 spiro atoms. The highest BCUT2D eigenvalue weighted by Gasteiger charge is 2.38. The predicted octanol–water partition coefficient (Wildman–Crippen LogP) is 1.38. The summed E-state index contributed by atoms with van der Waals surface area (Å²) in [6.45, 7) is 4.95. The Morgan fingerprint density at radius 1 is 0.957 bits per heavy atom. The van der Waals surface area contributed by atoms with Gasteiger partial charge in [-0.3, -0.25) is 4.57 Å². The molecule has 2 heterocycles. The average molecular weight is 338 g/mol. The summed E-state index contributed by atoms with van der Waals surface area (Å²) in [5.74, 6) is 0. The van der Waals surface area contributed by atoms with Gasteiger partial charge in [0.15, 0.2) is 0 Å². The third-order valence-electron chi connectivity index (χ3n) is 3.94. The molecule has 1 aromatic rings. The first-order valence-corrected chi connectivity index (χ1v) is 9.52. The lowest BCUT2D eigenvalue weighted by Crippen LogP contribution is -2.46. The van der Waals surface area contributed by atoms with Crippen LogP contribution in [0.5, 0.6) is 0 Å². The molecule has 0 atom stereocenters. The summed E-state index contributed by atoms with van der Waals surface area (Å²) in [7, 11) is -2.95. The number of nitrogens with zero attached hydrogens (tertiary/aromatic N) is 3. The molecule has 2 saturated heterocycles. The fraction of sp³-hybridized carbons (Fsp3) is 0.533. The summed E-state index contributed by atoms with van der Waals surface area (Å²) in [6, 6.07) is 9.77. The number of hydrazone groups is 1. The molecule has 126 valence electrons. The van der Waals surface area contributed by atoms with Crippen molar-refractivity contribution in [3.8, 4) is 0 Å². The third-order valence-corrected chi connectivity index (χ3v) is 6.65. The van der Waals surface area contributed by atoms with E-state index in [0.29, 0.717) is 52.6 Å². The highest BCUT2D eigenvalue weighted by Crippen LogP contribution is 2.49. The Balaban J connectivity index is 1.74. The van der Waals surface area contributed by atoms with Crippen LogP contribution >= 0.6 is 7.59 Å². The number of hydrogen-bond donors (Lipinski definition) is 1. The van der Waals surface area contributed by atoms with Gasteiger partial charge in [-0.1, -0.05) is 30.3 Å². The second-order valence-corrected chi connectivity index (χ2v) is 7.86. The number of nitrogens with one attached hydrogen (secondary N) is 1. The first-order valence-electron chi connectivity index (χ1n) is 7.91. The van der Waals surface area contributed by atoms with Gasteiger partial charge in [-0.2, -0.15) is 5.10 Å². The van der Waals surface area contributed by atoms with Crippen molar-refractivity contribution in [1.29, 1.82) is 0 Å². The number of rotatable bonds is 5. The maximum Gasteiger partial charge on any atom is 0.324 e. The average Bonchev–Trinajstić information content (AvgIpc) is 2.64. The van der Waals surface area contributed by atoms with Crippen molar-refractivity contribution in [3.05, 3.63) is 35.9 Å². The second kappa shape index (κ2) is 8.04. The third kappa shape index (κ3) is 4.19. The van der Waals surface area contributed by atoms with Crippen molar-refractivity contribution in [3.63, 3.8) is 0 Å². The summed E-state index contributed by atoms with van der Waals surface area (Å²) in [6.07, 6.45) is 1.70. The fourth-order valence-electron chi connectivity index (χ4n) is 2.67. The van der Waals surface area contributed by atoms with Crippen LogP contribution in [0, 0.1) is 0 Å². The standard InChI is InChI=1S/C15H23N4O3P/c20-23(18-6-10-21-11-7-18,19-8-12-22-13-9-19)17-16-14-15-4-2-1-3-5-15/h1-5,14H,6-13H2,(H,17,20)/b16-14+. The first kappa shape index (κ1) is 16.6. The number of morpholine rings is 2. The summed E-state index contributed by atoms with van der Waals surface area (Å²) >= 11 is 0. The van der Waals surface area contributed by atoms with Crippen LogP contribution in [-0.2, 0) is 14.0 Å². The van der Waals surface area contributed by atoms with Gasteiger partial charge in [0.25, 0.3) is 0 Å². The van der Waals surface area contributed by atoms with Crippen molar-refractivity contribution in [1.82, 2.24) is 14.5 Å². The predicted molar refractivity (Wildman–Crippen MR) is 89.6 cm³/mol. The van der Waals surface area contributed by atoms with Crippen molar-refractivity contribution >= 4 is 13.8 Å². The van der Waals surface area contributed by atoms with E-state index in [4.69, 9.17) is 9.47 Å². The van der Waals surface area contributed by atoms with E-state index in [1.54, 1.807) is 6.21 Å². The van der Waals surface area contributed by atoms with Gasteiger partial charge in [-0.25, -0.2) is 14.5 Å². The van der Waals surface area contributed by atoms with Crippen molar-refractivity contribution in [2.45, 2.75) is 0 Å². The van der Waals surface area contributed by atoms with Crippen LogP contribution in [0.3, 0.4) is 0 Å². The van der Waals surface area contributed by atoms with E-state index in [1.165, 1.54) is 0 Å². The largest absolute Gasteiger partial charge is 0.379 e. The SMILES string of the molecule is O=P(N/N=C/c1ccccc1)(N1CCOCC1)N1CCOCC1. The first-order chi connectivity index (χ1) is 11.3. The number of hydrogen-bond acceptors (Lipinski definition) is 4. The minimum atomic E-state index is -2.95. The molecular weight excluding hydrogens is 315 g/mol. The van der Waals surface area contributed by atoms with E-state index in [1.807, 2.05) is 39.7 Å². The number of ether oxygens (including phenoxy) is 2. The molecule has 7 nitrogen and oxygen atoms in total. The van der Waals surface area contributed by atoms with Crippen LogP contribution in [0.4, 0.5) is 0 Å². The zero-order valence-corrected chi connectivity index (χ0v) is 14.0. The van der Waals surface area contributed by atoms with Crippen LogP contribution in [-0.4, -0.2) is 68.2 Å². The van der Waals surface area contributed by atoms with Crippen LogP contribution in [0.25, 0.3) is 0 Å². The Morgan fingerprint density at radius 3 is 2.00 bits per heavy atom. The zero-order chi connectivity index (χ0) is 16.0. The maximum atomic E-state index is 13.6. The van der Waals surface area contributed by atoms with Crippen LogP contribution in [0.15, 0.2) is 35.4 Å². The zero-order valence-electron chi connectivity index (χ0n) is 13.1. The van der Waals surface area contributed by atoms with Crippen molar-refractivity contribution < 1.29 is 14.0 Å². The van der Waals surface area contributed by atoms with E-state index in [9.17, 15) is 4.57 Å². The van der Waals surface area contributed by atoms with Gasteiger partial charge in [0.2, 0.25) is 0 Å². The molecule has 0 unspecified atom stereocenters. The molecule has 0 bridgehead atoms. The normalized spacial score (nSPS) is 21.6. The van der Waals surface area contributed by atoms with E-state index in [-0.39, 0.29) is 0 Å². The van der Waals surface area contributed by atoms with E-state index in [0.717, 1.165) is 5.56 Å². The van der Waals surface area contributed by atoms with E-state index >= 15 is 0 Å². The molecule has 2 aliphatic rings. The Kier molecular flexibility index (Phi) is 5.80. The van der Waals surface area contributed by atoms with E-state index < -0.39 is 7.59 Å². The molecule has 1 aromatic carbocycles. The molecule has 23 heavy (non-hydrogen) atoms. The van der Waals surface area contributed by atoms with Crippen molar-refractivity contribution in [2.24, 2.45) is 5.10 Å². The molecule has 2 fully saturated rings. The van der Waals surface area contributed by atoms with E-state index in [2.05, 4.69) is 10.3 Å². The van der Waals surface area contributed by atoms with Crippen molar-refractivity contribution in [2.75, 3.05) is 52.6 Å². The van der Waals surface area contributed by atoms with Gasteiger partial charge in [0.05, 0.1) is 32.6 Å². The molecule has 0 saturated carbocycles. The topological polar surface area (TPSA) is 66.4 Å². The molecule has 2 aliphatic heterocycles. The lowest BCUT2D eigenvalue weighted by molar-refractivity contribution is 0.0511. The van der Waals surface area contributed by atoms with Gasteiger partial charge in [0.1, 0.15) is 0 Å². The minimum Gasteiger partial charge on any atom is -0.379 e. The summed E-state index contributed by atoms with van der Waals surface area (Å²) in [4.78, 5) is 0. The molecular formula is C15H23N4O3P. The Labute approximate surface area is 136 Å². The summed E-state index contributed by atoms with van der Waals surface area (Å²) < 4.78 is 28.3. The Hall–Kier alpha value is -1.24. The quantitative estimate of drug-likeness (QED) is 0.497. The molecule has 3 rings (SSSR count). The Morgan fingerprint density at radius 2 is 1.48 bits per heavy atom. The Bertz CT molecular complexity index is 535. The smallest absolute Gasteiger partial charge is 0.324 e. The number of benzene rings is 1. The lowest BCUT2D eigenvalue weighted by atomic mass is 10.2. The monoisotopic (exact) mass is 338 g/mol. The van der Waals surface area contributed by atoms with Gasteiger partial charge < -0.3 is 9.47 Å². The van der Waals surface area contributed by atoms with Gasteiger partial charge in [0, 0.05) is 26.2 Å². The maximum absolute atomic E-state index is 13.6. The molecule has 1 N–H and O–H groups in total. The molecule has 8 heteroatoms. The minimum absolute atomic E-state index is 0.596. The second-order valence-electron chi connectivity index (χ2n) is 5.44. The molecule has 0 aliphatic carbocycles. The van der Waals surface area contributed by atoms with Gasteiger partial charge in [-0.05, 0) is 5.56 Å². The van der Waals surface area contributed by atoms with Crippen LogP contribution in [0.1, 0.15) is 5.56 Å². The summed E-state index contributed by atoms with van der Waals surface area (Å²) in [5.41, 5.74) is 0.968. The highest BCUT2D eigenvalue weighted by atomic mass is 31.2. The van der Waals surface area contributed by atoms with Crippen LogP contribution < -0.4 is 5.20 Å². The molecule has 0 radical (unpaired) electrons. The fourth-order valence-corrected chi connectivity index (χ4v) is 4.90. The molecule has 0 aromatic heterocycles. The highest BCUT2D eigenvalue weighted by molar-refractivity contribution is 7.56.